The van der Waals surface area contributed by atoms with Gasteiger partial charge in [0, 0.05) is 13.1 Å². The van der Waals surface area contributed by atoms with Crippen LogP contribution in [0.3, 0.4) is 0 Å². The van der Waals surface area contributed by atoms with Crippen LogP contribution in [0.2, 0.25) is 0 Å². The van der Waals surface area contributed by atoms with E-state index in [-0.39, 0.29) is 23.9 Å². The van der Waals surface area contributed by atoms with Gasteiger partial charge in [0.2, 0.25) is 10.0 Å². The SMILES string of the molecule is CC(Oc1ccc(C(C)C)cc1)C(=O)NCCNS(=O)(=O)c1ccccc1. The Morgan fingerprint density at radius 2 is 1.59 bits per heavy atom. The third-order valence-electron chi connectivity index (χ3n) is 4.00. The van der Waals surface area contributed by atoms with Gasteiger partial charge in [0.1, 0.15) is 5.75 Å². The lowest BCUT2D eigenvalue weighted by atomic mass is 10.0. The smallest absolute Gasteiger partial charge is 0.260 e. The molecule has 0 aliphatic rings. The van der Waals surface area contributed by atoms with Crippen molar-refractivity contribution < 1.29 is 17.9 Å². The van der Waals surface area contributed by atoms with Gasteiger partial charge in [0.15, 0.2) is 6.10 Å². The Labute approximate surface area is 161 Å². The summed E-state index contributed by atoms with van der Waals surface area (Å²) in [7, 11) is -3.57. The summed E-state index contributed by atoms with van der Waals surface area (Å²) in [5.41, 5.74) is 1.20. The van der Waals surface area contributed by atoms with Gasteiger partial charge in [-0.25, -0.2) is 13.1 Å². The van der Waals surface area contributed by atoms with Crippen molar-refractivity contribution >= 4 is 15.9 Å². The zero-order valence-electron chi connectivity index (χ0n) is 15.8. The Kier molecular flexibility index (Phi) is 7.38. The van der Waals surface area contributed by atoms with E-state index in [1.54, 1.807) is 25.1 Å². The highest BCUT2D eigenvalue weighted by Gasteiger charge is 2.16. The number of carbonyl (C=O) groups is 1. The first-order valence-corrected chi connectivity index (χ1v) is 10.4. The van der Waals surface area contributed by atoms with Crippen LogP contribution in [0.5, 0.6) is 5.75 Å². The van der Waals surface area contributed by atoms with Gasteiger partial charge in [-0.1, -0.05) is 44.2 Å². The van der Waals surface area contributed by atoms with Crippen LogP contribution in [0.15, 0.2) is 59.5 Å². The molecule has 6 nitrogen and oxygen atoms in total. The highest BCUT2D eigenvalue weighted by atomic mass is 32.2. The monoisotopic (exact) mass is 390 g/mol. The van der Waals surface area contributed by atoms with E-state index in [1.165, 1.54) is 17.7 Å². The predicted octanol–water partition coefficient (Wildman–Crippen LogP) is 2.67. The molecule has 2 aromatic rings. The summed E-state index contributed by atoms with van der Waals surface area (Å²) < 4.78 is 32.2. The minimum Gasteiger partial charge on any atom is -0.481 e. The summed E-state index contributed by atoms with van der Waals surface area (Å²) in [6.07, 6.45) is -0.680. The van der Waals surface area contributed by atoms with Crippen molar-refractivity contribution in [2.24, 2.45) is 0 Å². The summed E-state index contributed by atoms with van der Waals surface area (Å²) in [5, 5.41) is 2.67. The highest BCUT2D eigenvalue weighted by Crippen LogP contribution is 2.19. The fourth-order valence-electron chi connectivity index (χ4n) is 2.39. The van der Waals surface area contributed by atoms with Gasteiger partial charge >= 0.3 is 0 Å². The Bertz CT molecular complexity index is 834. The molecule has 0 aromatic heterocycles. The molecule has 0 saturated carbocycles. The molecule has 0 heterocycles. The van der Waals surface area contributed by atoms with Crippen LogP contribution in [-0.2, 0) is 14.8 Å². The van der Waals surface area contributed by atoms with Crippen molar-refractivity contribution in [3.63, 3.8) is 0 Å². The van der Waals surface area contributed by atoms with E-state index < -0.39 is 16.1 Å². The molecule has 0 saturated heterocycles. The molecule has 2 N–H and O–H groups in total. The molecule has 2 aromatic carbocycles. The predicted molar refractivity (Wildman–Crippen MR) is 105 cm³/mol. The van der Waals surface area contributed by atoms with Crippen LogP contribution in [0.4, 0.5) is 0 Å². The maximum Gasteiger partial charge on any atom is 0.260 e. The van der Waals surface area contributed by atoms with Gasteiger partial charge in [-0.15, -0.1) is 0 Å². The summed E-state index contributed by atoms with van der Waals surface area (Å²) in [5.74, 6) is 0.744. The quantitative estimate of drug-likeness (QED) is 0.645. The minimum absolute atomic E-state index is 0.0960. The first-order chi connectivity index (χ1) is 12.8. The average molecular weight is 391 g/mol. The van der Waals surface area contributed by atoms with Crippen LogP contribution >= 0.6 is 0 Å². The van der Waals surface area contributed by atoms with Crippen molar-refractivity contribution in [2.45, 2.75) is 37.7 Å². The van der Waals surface area contributed by atoms with Gasteiger partial charge in [-0.05, 0) is 42.7 Å². The van der Waals surface area contributed by atoms with E-state index in [2.05, 4.69) is 23.9 Å². The van der Waals surface area contributed by atoms with E-state index >= 15 is 0 Å². The molecule has 0 bridgehead atoms. The maximum atomic E-state index is 12.1. The van der Waals surface area contributed by atoms with Gasteiger partial charge in [0.05, 0.1) is 4.90 Å². The zero-order chi connectivity index (χ0) is 19.9. The number of rotatable bonds is 9. The molecule has 7 heteroatoms. The summed E-state index contributed by atoms with van der Waals surface area (Å²) in [6.45, 7) is 6.14. The topological polar surface area (TPSA) is 84.5 Å². The number of carbonyl (C=O) groups excluding carboxylic acids is 1. The fourth-order valence-corrected chi connectivity index (χ4v) is 3.44. The van der Waals surface area contributed by atoms with Gasteiger partial charge < -0.3 is 10.1 Å². The third-order valence-corrected chi connectivity index (χ3v) is 5.48. The van der Waals surface area contributed by atoms with Crippen LogP contribution in [0, 0.1) is 0 Å². The lowest BCUT2D eigenvalue weighted by Gasteiger charge is -2.15. The first kappa shape index (κ1) is 20.9. The third kappa shape index (κ3) is 6.37. The van der Waals surface area contributed by atoms with Crippen LogP contribution in [0.1, 0.15) is 32.3 Å². The second-order valence-electron chi connectivity index (χ2n) is 6.49. The van der Waals surface area contributed by atoms with Crippen molar-refractivity contribution in [3.05, 3.63) is 60.2 Å². The van der Waals surface area contributed by atoms with E-state index in [0.29, 0.717) is 11.7 Å². The van der Waals surface area contributed by atoms with Crippen molar-refractivity contribution in [1.29, 1.82) is 0 Å². The average Bonchev–Trinajstić information content (AvgIpc) is 2.66. The lowest BCUT2D eigenvalue weighted by molar-refractivity contribution is -0.127. The second kappa shape index (κ2) is 9.53. The van der Waals surface area contributed by atoms with Gasteiger partial charge in [-0.3, -0.25) is 4.79 Å². The van der Waals surface area contributed by atoms with E-state index in [4.69, 9.17) is 4.74 Å². The Morgan fingerprint density at radius 1 is 0.963 bits per heavy atom. The number of hydrogen-bond donors (Lipinski definition) is 2. The number of hydrogen-bond acceptors (Lipinski definition) is 4. The van der Waals surface area contributed by atoms with Crippen molar-refractivity contribution in [2.75, 3.05) is 13.1 Å². The van der Waals surface area contributed by atoms with Crippen LogP contribution in [-0.4, -0.2) is 33.5 Å². The molecule has 0 aliphatic carbocycles. The van der Waals surface area contributed by atoms with E-state index in [0.717, 1.165) is 0 Å². The normalized spacial score (nSPS) is 12.6. The van der Waals surface area contributed by atoms with E-state index in [1.807, 2.05) is 24.3 Å². The largest absolute Gasteiger partial charge is 0.481 e. The standard InChI is InChI=1S/C20H26N2O4S/c1-15(2)17-9-11-18(12-10-17)26-16(3)20(23)21-13-14-22-27(24,25)19-7-5-4-6-8-19/h4-12,15-16,22H,13-14H2,1-3H3,(H,21,23). The molecule has 0 aliphatic heterocycles. The summed E-state index contributed by atoms with van der Waals surface area (Å²) in [6, 6.07) is 15.7. The second-order valence-corrected chi connectivity index (χ2v) is 8.25. The molecule has 2 rings (SSSR count). The summed E-state index contributed by atoms with van der Waals surface area (Å²) >= 11 is 0. The zero-order valence-corrected chi connectivity index (χ0v) is 16.6. The number of nitrogens with one attached hydrogen (secondary N) is 2. The molecule has 0 spiro atoms. The molecule has 0 fully saturated rings. The molecule has 1 unspecified atom stereocenters. The fraction of sp³-hybridized carbons (Fsp3) is 0.350. The molecule has 0 radical (unpaired) electrons. The molecular weight excluding hydrogens is 364 g/mol. The number of amides is 1. The number of sulfonamides is 1. The number of ether oxygens (including phenoxy) is 1. The Hall–Kier alpha value is -2.38. The highest BCUT2D eigenvalue weighted by molar-refractivity contribution is 7.89. The van der Waals surface area contributed by atoms with E-state index in [9.17, 15) is 13.2 Å². The van der Waals surface area contributed by atoms with Gasteiger partial charge in [-0.2, -0.15) is 0 Å². The van der Waals surface area contributed by atoms with Crippen LogP contribution in [0.25, 0.3) is 0 Å². The molecule has 27 heavy (non-hydrogen) atoms. The maximum absolute atomic E-state index is 12.1. The van der Waals surface area contributed by atoms with Crippen LogP contribution < -0.4 is 14.8 Å². The molecule has 1 atom stereocenters. The lowest BCUT2D eigenvalue weighted by Crippen LogP contribution is -2.40. The van der Waals surface area contributed by atoms with Crippen molar-refractivity contribution in [1.82, 2.24) is 10.0 Å². The summed E-state index contributed by atoms with van der Waals surface area (Å²) in [4.78, 5) is 12.3. The Morgan fingerprint density at radius 3 is 2.19 bits per heavy atom. The first-order valence-electron chi connectivity index (χ1n) is 8.88. The molecule has 146 valence electrons. The molecule has 1 amide bonds. The van der Waals surface area contributed by atoms with Crippen molar-refractivity contribution in [3.8, 4) is 5.75 Å². The Balaban J connectivity index is 1.76. The minimum atomic E-state index is -3.57. The molecular formula is C20H26N2O4S. The van der Waals surface area contributed by atoms with Gasteiger partial charge in [0.25, 0.3) is 5.91 Å². The number of benzene rings is 2.